The lowest BCUT2D eigenvalue weighted by Gasteiger charge is -2.09. The zero-order valence-electron chi connectivity index (χ0n) is 11.5. The van der Waals surface area contributed by atoms with E-state index in [2.05, 4.69) is 25.5 Å². The number of halogens is 1. The number of H-pyrrole nitrogens is 1. The normalized spacial score (nSPS) is 11.1. The van der Waals surface area contributed by atoms with Gasteiger partial charge in [0.05, 0.1) is 23.6 Å². The average Bonchev–Trinajstić information content (AvgIpc) is 3.00. The maximum Gasteiger partial charge on any atom is 0.155 e. The first-order valence-electron chi connectivity index (χ1n) is 6.86. The van der Waals surface area contributed by atoms with Crippen molar-refractivity contribution >= 4 is 39.2 Å². The second-order valence-electron chi connectivity index (χ2n) is 5.03. The van der Waals surface area contributed by atoms with E-state index in [1.807, 2.05) is 30.3 Å². The SMILES string of the molecule is Clc1cc(CNc2cnc3[nH]ncc3c2)c2ncccc2c1. The molecule has 0 atom stereocenters. The van der Waals surface area contributed by atoms with E-state index >= 15 is 0 Å². The second-order valence-corrected chi connectivity index (χ2v) is 5.46. The molecule has 6 heteroatoms. The van der Waals surface area contributed by atoms with Gasteiger partial charge >= 0.3 is 0 Å². The molecule has 2 N–H and O–H groups in total. The highest BCUT2D eigenvalue weighted by molar-refractivity contribution is 6.31. The Hall–Kier alpha value is -2.66. The lowest BCUT2D eigenvalue weighted by molar-refractivity contribution is 1.09. The van der Waals surface area contributed by atoms with Crippen molar-refractivity contribution in [1.29, 1.82) is 0 Å². The zero-order valence-corrected chi connectivity index (χ0v) is 12.3. The van der Waals surface area contributed by atoms with Crippen LogP contribution >= 0.6 is 11.6 Å². The van der Waals surface area contributed by atoms with E-state index in [9.17, 15) is 0 Å². The Kier molecular flexibility index (Phi) is 3.12. The van der Waals surface area contributed by atoms with Crippen LogP contribution in [0.3, 0.4) is 0 Å². The monoisotopic (exact) mass is 309 g/mol. The third-order valence-electron chi connectivity index (χ3n) is 3.52. The fourth-order valence-electron chi connectivity index (χ4n) is 2.49. The summed E-state index contributed by atoms with van der Waals surface area (Å²) in [7, 11) is 0. The van der Waals surface area contributed by atoms with Crippen LogP contribution in [0.5, 0.6) is 0 Å². The standard InChI is InChI=1S/C16H12ClN5/c17-13-4-10-2-1-3-18-15(10)11(5-13)7-19-14-6-12-8-21-22-16(12)20-9-14/h1-6,8-9,19H,7H2,(H,20,21,22). The Balaban J connectivity index is 1.65. The van der Waals surface area contributed by atoms with Crippen LogP contribution in [0.15, 0.2) is 48.9 Å². The van der Waals surface area contributed by atoms with Crippen LogP contribution < -0.4 is 5.32 Å². The van der Waals surface area contributed by atoms with Crippen LogP contribution in [0, 0.1) is 0 Å². The molecule has 1 aromatic carbocycles. The van der Waals surface area contributed by atoms with E-state index in [1.54, 1.807) is 18.6 Å². The molecule has 0 unspecified atom stereocenters. The molecule has 0 saturated carbocycles. The van der Waals surface area contributed by atoms with Crippen molar-refractivity contribution < 1.29 is 0 Å². The molecule has 0 spiro atoms. The first kappa shape index (κ1) is 13.0. The van der Waals surface area contributed by atoms with E-state index in [-0.39, 0.29) is 0 Å². The number of rotatable bonds is 3. The minimum Gasteiger partial charge on any atom is -0.380 e. The molecule has 0 bridgehead atoms. The highest BCUT2D eigenvalue weighted by Crippen LogP contribution is 2.23. The number of pyridine rings is 2. The van der Waals surface area contributed by atoms with E-state index in [0.717, 1.165) is 33.2 Å². The Labute approximate surface area is 131 Å². The molecule has 0 amide bonds. The van der Waals surface area contributed by atoms with Gasteiger partial charge in [-0.15, -0.1) is 0 Å². The number of anilines is 1. The molecule has 4 rings (SSSR count). The molecule has 3 heterocycles. The maximum atomic E-state index is 6.19. The van der Waals surface area contributed by atoms with E-state index in [1.165, 1.54) is 0 Å². The Morgan fingerprint density at radius 2 is 2.05 bits per heavy atom. The number of nitrogens with one attached hydrogen (secondary N) is 2. The largest absolute Gasteiger partial charge is 0.380 e. The molecule has 0 aliphatic rings. The number of hydrogen-bond donors (Lipinski definition) is 2. The highest BCUT2D eigenvalue weighted by atomic mass is 35.5. The summed E-state index contributed by atoms with van der Waals surface area (Å²) < 4.78 is 0. The van der Waals surface area contributed by atoms with Gasteiger partial charge in [-0.3, -0.25) is 10.1 Å². The summed E-state index contributed by atoms with van der Waals surface area (Å²) in [5, 5.41) is 12.9. The van der Waals surface area contributed by atoms with Crippen LogP contribution in [-0.4, -0.2) is 20.2 Å². The minimum absolute atomic E-state index is 0.624. The molecule has 22 heavy (non-hydrogen) atoms. The van der Waals surface area contributed by atoms with Crippen molar-refractivity contribution in [1.82, 2.24) is 20.2 Å². The lowest BCUT2D eigenvalue weighted by atomic mass is 10.1. The molecule has 4 aromatic rings. The van der Waals surface area contributed by atoms with Gasteiger partial charge in [-0.1, -0.05) is 17.7 Å². The second kappa shape index (κ2) is 5.27. The fourth-order valence-corrected chi connectivity index (χ4v) is 2.74. The summed E-state index contributed by atoms with van der Waals surface area (Å²) in [6.07, 6.45) is 5.32. The first-order valence-corrected chi connectivity index (χ1v) is 7.23. The number of nitrogens with zero attached hydrogens (tertiary/aromatic N) is 3. The molecule has 3 aromatic heterocycles. The van der Waals surface area contributed by atoms with Crippen molar-refractivity contribution in [2.24, 2.45) is 0 Å². The van der Waals surface area contributed by atoms with Crippen molar-refractivity contribution in [3.63, 3.8) is 0 Å². The molecule has 108 valence electrons. The smallest absolute Gasteiger partial charge is 0.155 e. The van der Waals surface area contributed by atoms with Gasteiger partial charge in [0.15, 0.2) is 5.65 Å². The first-order chi connectivity index (χ1) is 10.8. The predicted octanol–water partition coefficient (Wildman–Crippen LogP) is 3.77. The van der Waals surface area contributed by atoms with Crippen molar-refractivity contribution in [2.75, 3.05) is 5.32 Å². The van der Waals surface area contributed by atoms with Crippen molar-refractivity contribution in [2.45, 2.75) is 6.54 Å². The van der Waals surface area contributed by atoms with Crippen LogP contribution in [0.1, 0.15) is 5.56 Å². The van der Waals surface area contributed by atoms with E-state index in [4.69, 9.17) is 11.6 Å². The zero-order chi connectivity index (χ0) is 14.9. The molecule has 0 aliphatic heterocycles. The summed E-state index contributed by atoms with van der Waals surface area (Å²) in [5.74, 6) is 0. The molecule has 0 saturated heterocycles. The topological polar surface area (TPSA) is 66.5 Å². The summed E-state index contributed by atoms with van der Waals surface area (Å²) in [6, 6.07) is 9.79. The van der Waals surface area contributed by atoms with Gasteiger partial charge in [0.25, 0.3) is 0 Å². The molecule has 0 radical (unpaired) electrons. The summed E-state index contributed by atoms with van der Waals surface area (Å²) in [5.41, 5.74) is 3.71. The third-order valence-corrected chi connectivity index (χ3v) is 3.74. The summed E-state index contributed by atoms with van der Waals surface area (Å²) >= 11 is 6.19. The van der Waals surface area contributed by atoms with Crippen molar-refractivity contribution in [3.8, 4) is 0 Å². The molecular formula is C16H12ClN5. The summed E-state index contributed by atoms with van der Waals surface area (Å²) in [6.45, 7) is 0.624. The number of aromatic nitrogens is 4. The highest BCUT2D eigenvalue weighted by Gasteiger charge is 2.05. The van der Waals surface area contributed by atoms with Crippen LogP contribution in [-0.2, 0) is 6.54 Å². The van der Waals surface area contributed by atoms with Gasteiger partial charge in [-0.05, 0) is 29.8 Å². The number of benzene rings is 1. The average molecular weight is 310 g/mol. The number of aromatic amines is 1. The summed E-state index contributed by atoms with van der Waals surface area (Å²) in [4.78, 5) is 8.76. The van der Waals surface area contributed by atoms with Crippen LogP contribution in [0.4, 0.5) is 5.69 Å². The predicted molar refractivity (Wildman–Crippen MR) is 88.0 cm³/mol. The Morgan fingerprint density at radius 1 is 1.09 bits per heavy atom. The van der Waals surface area contributed by atoms with E-state index < -0.39 is 0 Å². The van der Waals surface area contributed by atoms with Gasteiger partial charge in [-0.2, -0.15) is 5.10 Å². The van der Waals surface area contributed by atoms with Gasteiger partial charge in [0.2, 0.25) is 0 Å². The number of fused-ring (bicyclic) bond motifs is 2. The quantitative estimate of drug-likeness (QED) is 0.604. The molecule has 0 aliphatic carbocycles. The molecule has 0 fully saturated rings. The van der Waals surface area contributed by atoms with Crippen LogP contribution in [0.25, 0.3) is 21.9 Å². The van der Waals surface area contributed by atoms with Gasteiger partial charge in [-0.25, -0.2) is 4.98 Å². The van der Waals surface area contributed by atoms with Crippen molar-refractivity contribution in [3.05, 3.63) is 59.5 Å². The Morgan fingerprint density at radius 3 is 3.00 bits per heavy atom. The van der Waals surface area contributed by atoms with E-state index in [0.29, 0.717) is 11.6 Å². The third kappa shape index (κ3) is 2.35. The maximum absolute atomic E-state index is 6.19. The van der Waals surface area contributed by atoms with Gasteiger partial charge in [0.1, 0.15) is 0 Å². The lowest BCUT2D eigenvalue weighted by Crippen LogP contribution is -2.01. The van der Waals surface area contributed by atoms with Crippen LogP contribution in [0.2, 0.25) is 5.02 Å². The number of hydrogen-bond acceptors (Lipinski definition) is 4. The van der Waals surface area contributed by atoms with Gasteiger partial charge < -0.3 is 5.32 Å². The minimum atomic E-state index is 0.624. The molecule has 5 nitrogen and oxygen atoms in total. The molecular weight excluding hydrogens is 298 g/mol. The van der Waals surface area contributed by atoms with Gasteiger partial charge in [0, 0.05) is 28.5 Å². The Bertz CT molecular complexity index is 963. The fraction of sp³-hybridized carbons (Fsp3) is 0.0625.